The highest BCUT2D eigenvalue weighted by Crippen LogP contribution is 2.42. The van der Waals surface area contributed by atoms with E-state index in [1.54, 1.807) is 11.6 Å². The van der Waals surface area contributed by atoms with E-state index in [4.69, 9.17) is 4.42 Å². The summed E-state index contributed by atoms with van der Waals surface area (Å²) in [5, 5.41) is 3.93. The van der Waals surface area contributed by atoms with Crippen molar-refractivity contribution in [1.29, 1.82) is 0 Å². The third-order valence-corrected chi connectivity index (χ3v) is 5.44. The molecule has 1 aromatic carbocycles. The van der Waals surface area contributed by atoms with Crippen LogP contribution in [0.15, 0.2) is 45.6 Å². The molecular formula is C22H24N2O3. The molecule has 5 heteroatoms. The van der Waals surface area contributed by atoms with Gasteiger partial charge in [0.05, 0.1) is 17.1 Å². The average Bonchev–Trinajstić information content (AvgIpc) is 2.97. The molecule has 140 valence electrons. The molecule has 0 fully saturated rings. The van der Waals surface area contributed by atoms with Gasteiger partial charge in [0.15, 0.2) is 0 Å². The first-order valence-electron chi connectivity index (χ1n) is 9.24. The van der Waals surface area contributed by atoms with E-state index in [-0.39, 0.29) is 22.9 Å². The van der Waals surface area contributed by atoms with Crippen molar-refractivity contribution < 1.29 is 9.21 Å². The predicted molar refractivity (Wildman–Crippen MR) is 105 cm³/mol. The fourth-order valence-electron chi connectivity index (χ4n) is 4.15. The SMILES string of the molecule is Cc1cc2c(o1)CC(C)(C)CC2NC(=O)c1cc(=O)n(C)c2ccccc12. The lowest BCUT2D eigenvalue weighted by molar-refractivity contribution is 0.0919. The number of benzene rings is 1. The van der Waals surface area contributed by atoms with Gasteiger partial charge in [0.25, 0.3) is 11.5 Å². The molecule has 1 amide bonds. The Kier molecular flexibility index (Phi) is 3.98. The van der Waals surface area contributed by atoms with Crippen LogP contribution in [-0.2, 0) is 13.5 Å². The van der Waals surface area contributed by atoms with E-state index in [1.807, 2.05) is 37.3 Å². The molecular weight excluding hydrogens is 340 g/mol. The number of hydrogen-bond acceptors (Lipinski definition) is 3. The van der Waals surface area contributed by atoms with Crippen molar-refractivity contribution in [2.75, 3.05) is 0 Å². The number of para-hydroxylation sites is 1. The van der Waals surface area contributed by atoms with E-state index in [2.05, 4.69) is 19.2 Å². The highest BCUT2D eigenvalue weighted by atomic mass is 16.3. The summed E-state index contributed by atoms with van der Waals surface area (Å²) in [5.41, 5.74) is 2.05. The first-order valence-corrected chi connectivity index (χ1v) is 9.24. The van der Waals surface area contributed by atoms with Gasteiger partial charge in [0.2, 0.25) is 0 Å². The quantitative estimate of drug-likeness (QED) is 0.750. The minimum Gasteiger partial charge on any atom is -0.466 e. The molecule has 2 heterocycles. The van der Waals surface area contributed by atoms with Crippen LogP contribution in [0, 0.1) is 12.3 Å². The fraction of sp³-hybridized carbons (Fsp3) is 0.364. The Balaban J connectivity index is 1.74. The first-order chi connectivity index (χ1) is 12.7. The summed E-state index contributed by atoms with van der Waals surface area (Å²) in [4.78, 5) is 25.5. The van der Waals surface area contributed by atoms with Crippen LogP contribution in [0.1, 0.15) is 53.8 Å². The first kappa shape index (κ1) is 17.6. The van der Waals surface area contributed by atoms with Crippen molar-refractivity contribution in [3.8, 4) is 0 Å². The summed E-state index contributed by atoms with van der Waals surface area (Å²) in [5.74, 6) is 1.58. The van der Waals surface area contributed by atoms with Gasteiger partial charge in [-0.05, 0) is 30.9 Å². The number of carbonyl (C=O) groups is 1. The van der Waals surface area contributed by atoms with Crippen molar-refractivity contribution in [2.24, 2.45) is 12.5 Å². The summed E-state index contributed by atoms with van der Waals surface area (Å²) in [6, 6.07) is 10.8. The molecule has 0 saturated carbocycles. The van der Waals surface area contributed by atoms with Crippen molar-refractivity contribution >= 4 is 16.8 Å². The molecule has 0 aliphatic heterocycles. The maximum absolute atomic E-state index is 13.1. The fourth-order valence-corrected chi connectivity index (χ4v) is 4.15. The summed E-state index contributed by atoms with van der Waals surface area (Å²) in [7, 11) is 1.72. The highest BCUT2D eigenvalue weighted by molar-refractivity contribution is 6.06. The van der Waals surface area contributed by atoms with E-state index >= 15 is 0 Å². The third kappa shape index (κ3) is 3.07. The molecule has 1 atom stereocenters. The average molecular weight is 364 g/mol. The molecule has 0 bridgehead atoms. The molecule has 3 aromatic rings. The second kappa shape index (κ2) is 6.12. The molecule has 0 radical (unpaired) electrons. The van der Waals surface area contributed by atoms with Gasteiger partial charge in [0, 0.05) is 30.5 Å². The van der Waals surface area contributed by atoms with Crippen LogP contribution >= 0.6 is 0 Å². The van der Waals surface area contributed by atoms with Crippen molar-refractivity contribution in [2.45, 2.75) is 39.7 Å². The minimum absolute atomic E-state index is 0.0319. The Hall–Kier alpha value is -2.82. The van der Waals surface area contributed by atoms with Gasteiger partial charge in [-0.15, -0.1) is 0 Å². The van der Waals surface area contributed by atoms with Crippen LogP contribution in [0.4, 0.5) is 0 Å². The van der Waals surface area contributed by atoms with Crippen LogP contribution in [-0.4, -0.2) is 10.5 Å². The molecule has 4 rings (SSSR count). The Morgan fingerprint density at radius 3 is 2.78 bits per heavy atom. The number of pyridine rings is 1. The lowest BCUT2D eigenvalue weighted by Gasteiger charge is -2.34. The summed E-state index contributed by atoms with van der Waals surface area (Å²) < 4.78 is 7.42. The molecule has 27 heavy (non-hydrogen) atoms. The normalized spacial score (nSPS) is 18.3. The lowest BCUT2D eigenvalue weighted by atomic mass is 9.74. The minimum atomic E-state index is -0.226. The van der Waals surface area contributed by atoms with E-state index in [0.29, 0.717) is 5.56 Å². The molecule has 1 unspecified atom stereocenters. The highest BCUT2D eigenvalue weighted by Gasteiger charge is 2.35. The number of fused-ring (bicyclic) bond motifs is 2. The van der Waals surface area contributed by atoms with Gasteiger partial charge < -0.3 is 14.3 Å². The van der Waals surface area contributed by atoms with Crippen LogP contribution in [0.2, 0.25) is 0 Å². The zero-order chi connectivity index (χ0) is 19.3. The smallest absolute Gasteiger partial charge is 0.252 e. The van der Waals surface area contributed by atoms with Gasteiger partial charge in [-0.2, -0.15) is 0 Å². The molecule has 1 aliphatic carbocycles. The van der Waals surface area contributed by atoms with E-state index in [9.17, 15) is 9.59 Å². The second-order valence-corrected chi connectivity index (χ2v) is 8.28. The second-order valence-electron chi connectivity index (χ2n) is 8.28. The Morgan fingerprint density at radius 2 is 2.00 bits per heavy atom. The molecule has 0 spiro atoms. The van der Waals surface area contributed by atoms with E-state index in [1.165, 1.54) is 6.07 Å². The number of hydrogen-bond donors (Lipinski definition) is 1. The van der Waals surface area contributed by atoms with E-state index < -0.39 is 0 Å². The zero-order valence-corrected chi connectivity index (χ0v) is 16.1. The predicted octanol–water partition coefficient (Wildman–Crippen LogP) is 3.88. The number of amides is 1. The molecule has 2 aromatic heterocycles. The number of furan rings is 1. The number of carbonyl (C=O) groups excluding carboxylic acids is 1. The van der Waals surface area contributed by atoms with Crippen LogP contribution in [0.3, 0.4) is 0 Å². The Bertz CT molecular complexity index is 1100. The topological polar surface area (TPSA) is 64.2 Å². The van der Waals surface area contributed by atoms with Gasteiger partial charge in [-0.3, -0.25) is 9.59 Å². The summed E-state index contributed by atoms with van der Waals surface area (Å²) in [6.07, 6.45) is 1.69. The van der Waals surface area contributed by atoms with Gasteiger partial charge >= 0.3 is 0 Å². The monoisotopic (exact) mass is 364 g/mol. The zero-order valence-electron chi connectivity index (χ0n) is 16.1. The van der Waals surface area contributed by atoms with Gasteiger partial charge in [0.1, 0.15) is 11.5 Å². The summed E-state index contributed by atoms with van der Waals surface area (Å²) >= 11 is 0. The maximum Gasteiger partial charge on any atom is 0.252 e. The maximum atomic E-state index is 13.1. The van der Waals surface area contributed by atoms with E-state index in [0.717, 1.165) is 40.8 Å². The van der Waals surface area contributed by atoms with Gasteiger partial charge in [-0.25, -0.2) is 0 Å². The van der Waals surface area contributed by atoms with Crippen molar-refractivity contribution in [3.05, 3.63) is 69.4 Å². The van der Waals surface area contributed by atoms with Crippen molar-refractivity contribution in [1.82, 2.24) is 9.88 Å². The Labute approximate surface area is 158 Å². The largest absolute Gasteiger partial charge is 0.466 e. The molecule has 0 saturated heterocycles. The molecule has 1 N–H and O–H groups in total. The lowest BCUT2D eigenvalue weighted by Crippen LogP contribution is -2.36. The van der Waals surface area contributed by atoms with Gasteiger partial charge in [-0.1, -0.05) is 32.0 Å². The Morgan fingerprint density at radius 1 is 1.26 bits per heavy atom. The standard InChI is InChI=1S/C22H24N2O3/c1-13-9-16-17(11-22(2,3)12-19(16)27-13)23-21(26)15-10-20(25)24(4)18-8-6-5-7-14(15)18/h5-10,17H,11-12H2,1-4H3,(H,23,26). The van der Waals surface area contributed by atoms with Crippen LogP contribution < -0.4 is 10.9 Å². The van der Waals surface area contributed by atoms with Crippen LogP contribution in [0.25, 0.3) is 10.9 Å². The van der Waals surface area contributed by atoms with Crippen molar-refractivity contribution in [3.63, 3.8) is 0 Å². The number of aromatic nitrogens is 1. The number of nitrogens with one attached hydrogen (secondary N) is 1. The molecule has 5 nitrogen and oxygen atoms in total. The number of rotatable bonds is 2. The molecule has 1 aliphatic rings. The third-order valence-electron chi connectivity index (χ3n) is 5.44. The number of nitrogens with zero attached hydrogens (tertiary/aromatic N) is 1. The van der Waals surface area contributed by atoms with Crippen LogP contribution in [0.5, 0.6) is 0 Å². The number of aryl methyl sites for hydroxylation is 2. The summed E-state index contributed by atoms with van der Waals surface area (Å²) in [6.45, 7) is 6.29.